The summed E-state index contributed by atoms with van der Waals surface area (Å²) >= 11 is 0. The van der Waals surface area contributed by atoms with Gasteiger partial charge >= 0.3 is 0 Å². The van der Waals surface area contributed by atoms with Gasteiger partial charge in [-0.05, 0) is 32.4 Å². The molecule has 1 N–H and O–H groups in total. The van der Waals surface area contributed by atoms with Crippen LogP contribution in [0.25, 0.3) is 0 Å². The van der Waals surface area contributed by atoms with Crippen LogP contribution in [0.4, 0.5) is 0 Å². The predicted molar refractivity (Wildman–Crippen MR) is 60.1 cm³/mol. The number of nitrogens with zero attached hydrogens (tertiary/aromatic N) is 1. The molecule has 0 aliphatic carbocycles. The van der Waals surface area contributed by atoms with Crippen molar-refractivity contribution in [2.75, 3.05) is 0 Å². The van der Waals surface area contributed by atoms with Gasteiger partial charge in [0, 0.05) is 12.1 Å². The molecule has 1 heterocycles. The van der Waals surface area contributed by atoms with Gasteiger partial charge in [0.15, 0.2) is 0 Å². The van der Waals surface area contributed by atoms with Crippen LogP contribution in [0.15, 0.2) is 18.5 Å². The molecule has 1 aromatic rings. The predicted octanol–water partition coefficient (Wildman–Crippen LogP) is 2.35. The summed E-state index contributed by atoms with van der Waals surface area (Å²) in [5.74, 6) is 0.836. The molecule has 0 bridgehead atoms. The number of hydrogen-bond acceptors (Lipinski definition) is 3. The van der Waals surface area contributed by atoms with Gasteiger partial charge in [-0.2, -0.15) is 0 Å². The average Bonchev–Trinajstić information content (AvgIpc) is 2.16. The van der Waals surface area contributed by atoms with Gasteiger partial charge in [-0.1, -0.05) is 6.92 Å². The van der Waals surface area contributed by atoms with E-state index in [1.807, 2.05) is 26.8 Å². The van der Waals surface area contributed by atoms with Gasteiger partial charge in [-0.3, -0.25) is 4.98 Å². The summed E-state index contributed by atoms with van der Waals surface area (Å²) < 4.78 is 5.54. The average molecular weight is 209 g/mol. The third-order valence-electron chi connectivity index (χ3n) is 2.36. The number of hydrogen-bond donors (Lipinski definition) is 1. The molecular weight excluding hydrogens is 190 g/mol. The lowest BCUT2D eigenvalue weighted by molar-refractivity contribution is 0.168. The Hall–Kier alpha value is -1.09. The van der Waals surface area contributed by atoms with E-state index in [9.17, 15) is 5.11 Å². The number of aliphatic hydroxyl groups is 1. The molecule has 3 nitrogen and oxygen atoms in total. The SMILES string of the molecule is CC(C)Oc1cncc(C(C)C(C)O)c1. The van der Waals surface area contributed by atoms with E-state index in [0.717, 1.165) is 11.3 Å². The molecule has 0 saturated heterocycles. The van der Waals surface area contributed by atoms with Crippen LogP contribution in [0.1, 0.15) is 39.2 Å². The maximum absolute atomic E-state index is 9.48. The monoisotopic (exact) mass is 209 g/mol. The Morgan fingerprint density at radius 3 is 2.40 bits per heavy atom. The number of pyridine rings is 1. The van der Waals surface area contributed by atoms with Crippen molar-refractivity contribution in [1.29, 1.82) is 0 Å². The largest absolute Gasteiger partial charge is 0.489 e. The van der Waals surface area contributed by atoms with E-state index in [1.54, 1.807) is 19.3 Å². The molecule has 0 fully saturated rings. The van der Waals surface area contributed by atoms with E-state index in [4.69, 9.17) is 4.74 Å². The summed E-state index contributed by atoms with van der Waals surface area (Å²) in [6.07, 6.45) is 3.23. The van der Waals surface area contributed by atoms with Crippen LogP contribution in [0.3, 0.4) is 0 Å². The van der Waals surface area contributed by atoms with E-state index in [2.05, 4.69) is 4.98 Å². The number of ether oxygens (including phenoxy) is 1. The normalized spacial score (nSPS) is 15.1. The first-order valence-corrected chi connectivity index (χ1v) is 5.30. The summed E-state index contributed by atoms with van der Waals surface area (Å²) in [7, 11) is 0. The molecule has 2 atom stereocenters. The van der Waals surface area contributed by atoms with Gasteiger partial charge in [0.05, 0.1) is 18.4 Å². The van der Waals surface area contributed by atoms with Gasteiger partial charge in [-0.25, -0.2) is 0 Å². The lowest BCUT2D eigenvalue weighted by Gasteiger charge is -2.16. The third-order valence-corrected chi connectivity index (χ3v) is 2.36. The van der Waals surface area contributed by atoms with Crippen molar-refractivity contribution in [3.8, 4) is 5.75 Å². The minimum Gasteiger partial charge on any atom is -0.489 e. The van der Waals surface area contributed by atoms with E-state index >= 15 is 0 Å². The highest BCUT2D eigenvalue weighted by Crippen LogP contribution is 2.22. The maximum atomic E-state index is 9.48. The van der Waals surface area contributed by atoms with E-state index in [1.165, 1.54) is 0 Å². The van der Waals surface area contributed by atoms with Gasteiger partial charge in [-0.15, -0.1) is 0 Å². The molecule has 84 valence electrons. The molecule has 0 aliphatic rings. The molecular formula is C12H19NO2. The first-order valence-electron chi connectivity index (χ1n) is 5.30. The molecule has 0 aliphatic heterocycles. The van der Waals surface area contributed by atoms with Crippen LogP contribution in [-0.4, -0.2) is 22.3 Å². The van der Waals surface area contributed by atoms with Gasteiger partial charge < -0.3 is 9.84 Å². The lowest BCUT2D eigenvalue weighted by atomic mass is 9.98. The summed E-state index contributed by atoms with van der Waals surface area (Å²) in [4.78, 5) is 4.11. The fraction of sp³-hybridized carbons (Fsp3) is 0.583. The molecule has 0 amide bonds. The van der Waals surface area contributed by atoms with Crippen molar-refractivity contribution < 1.29 is 9.84 Å². The number of aliphatic hydroxyl groups excluding tert-OH is 1. The Morgan fingerprint density at radius 1 is 1.20 bits per heavy atom. The van der Waals surface area contributed by atoms with Crippen LogP contribution in [0.2, 0.25) is 0 Å². The van der Waals surface area contributed by atoms with Crippen LogP contribution >= 0.6 is 0 Å². The quantitative estimate of drug-likeness (QED) is 0.827. The van der Waals surface area contributed by atoms with Crippen molar-refractivity contribution in [3.63, 3.8) is 0 Å². The van der Waals surface area contributed by atoms with Crippen molar-refractivity contribution >= 4 is 0 Å². The Morgan fingerprint density at radius 2 is 1.87 bits per heavy atom. The second-order valence-electron chi connectivity index (χ2n) is 4.15. The molecule has 3 heteroatoms. The first kappa shape index (κ1) is 12.0. The summed E-state index contributed by atoms with van der Waals surface area (Å²) in [6.45, 7) is 7.71. The molecule has 2 unspecified atom stereocenters. The van der Waals surface area contributed by atoms with Crippen molar-refractivity contribution in [2.45, 2.75) is 45.8 Å². The summed E-state index contributed by atoms with van der Waals surface area (Å²) in [5.41, 5.74) is 1.00. The zero-order valence-electron chi connectivity index (χ0n) is 9.77. The number of aromatic nitrogens is 1. The minimum absolute atomic E-state index is 0.0770. The van der Waals surface area contributed by atoms with Crippen LogP contribution in [0.5, 0.6) is 5.75 Å². The van der Waals surface area contributed by atoms with Crippen molar-refractivity contribution in [3.05, 3.63) is 24.0 Å². The van der Waals surface area contributed by atoms with E-state index < -0.39 is 0 Å². The highest BCUT2D eigenvalue weighted by molar-refractivity contribution is 5.26. The van der Waals surface area contributed by atoms with Crippen molar-refractivity contribution in [2.24, 2.45) is 0 Å². The van der Waals surface area contributed by atoms with Gasteiger partial charge in [0.2, 0.25) is 0 Å². The van der Waals surface area contributed by atoms with E-state index in [-0.39, 0.29) is 18.1 Å². The zero-order chi connectivity index (χ0) is 11.4. The summed E-state index contributed by atoms with van der Waals surface area (Å²) in [5, 5.41) is 9.48. The number of rotatable bonds is 4. The van der Waals surface area contributed by atoms with Crippen molar-refractivity contribution in [1.82, 2.24) is 4.98 Å². The maximum Gasteiger partial charge on any atom is 0.138 e. The highest BCUT2D eigenvalue weighted by atomic mass is 16.5. The van der Waals surface area contributed by atoms with Crippen LogP contribution in [0, 0.1) is 0 Å². The fourth-order valence-corrected chi connectivity index (χ4v) is 1.30. The molecule has 15 heavy (non-hydrogen) atoms. The van der Waals surface area contributed by atoms with Crippen LogP contribution in [-0.2, 0) is 0 Å². The fourth-order valence-electron chi connectivity index (χ4n) is 1.30. The molecule has 1 aromatic heterocycles. The highest BCUT2D eigenvalue weighted by Gasteiger charge is 2.12. The molecule has 1 rings (SSSR count). The molecule has 0 aromatic carbocycles. The van der Waals surface area contributed by atoms with Gasteiger partial charge in [0.1, 0.15) is 5.75 Å². The molecule has 0 radical (unpaired) electrons. The second kappa shape index (κ2) is 5.12. The smallest absolute Gasteiger partial charge is 0.138 e. The minimum atomic E-state index is -0.374. The topological polar surface area (TPSA) is 42.4 Å². The van der Waals surface area contributed by atoms with E-state index in [0.29, 0.717) is 0 Å². The van der Waals surface area contributed by atoms with Crippen LogP contribution < -0.4 is 4.74 Å². The van der Waals surface area contributed by atoms with Gasteiger partial charge in [0.25, 0.3) is 0 Å². The molecule has 0 spiro atoms. The Kier molecular flexibility index (Phi) is 4.09. The first-order chi connectivity index (χ1) is 7.00. The lowest BCUT2D eigenvalue weighted by Crippen LogP contribution is -2.12. The Labute approximate surface area is 91.1 Å². The molecule has 0 saturated carbocycles. The Bertz CT molecular complexity index is 310. The second-order valence-corrected chi connectivity index (χ2v) is 4.15. The summed E-state index contributed by atoms with van der Waals surface area (Å²) in [6, 6.07) is 1.93. The third kappa shape index (κ3) is 3.51. The zero-order valence-corrected chi connectivity index (χ0v) is 9.77. The Balaban J connectivity index is 2.82. The standard InChI is InChI=1S/C12H19NO2/c1-8(2)15-12-5-11(6-13-7-12)9(3)10(4)14/h5-10,14H,1-4H3.